The summed E-state index contributed by atoms with van der Waals surface area (Å²) in [6.07, 6.45) is 1.30. The first kappa shape index (κ1) is 45.9. The molecular weight excluding hydrogens is 799 g/mol. The number of esters is 1. The number of oxime groups is 1. The Morgan fingerprint density at radius 3 is 2.53 bits per heavy atom. The molecule has 340 valence electrons. The van der Waals surface area contributed by atoms with Crippen molar-refractivity contribution >= 4 is 23.5 Å². The van der Waals surface area contributed by atoms with E-state index in [0.717, 1.165) is 11.3 Å². The van der Waals surface area contributed by atoms with Crippen LogP contribution in [0.5, 0.6) is 0 Å². The normalized spacial score (nSPS) is 38.9. The number of aliphatic imine (C=N–C) groups is 1. The van der Waals surface area contributed by atoms with Gasteiger partial charge >= 0.3 is 12.1 Å². The molecule has 0 aromatic carbocycles. The summed E-state index contributed by atoms with van der Waals surface area (Å²) < 4.78 is 39.9. The molecular formula is C45H65N7O10. The summed E-state index contributed by atoms with van der Waals surface area (Å²) in [7, 11) is 3.87. The molecule has 5 aliphatic rings. The van der Waals surface area contributed by atoms with E-state index in [0.29, 0.717) is 49.5 Å². The highest BCUT2D eigenvalue weighted by atomic mass is 16.7. The Morgan fingerprint density at radius 2 is 1.81 bits per heavy atom. The molecule has 17 heteroatoms. The predicted molar refractivity (Wildman–Crippen MR) is 228 cm³/mol. The second-order valence-electron chi connectivity index (χ2n) is 18.5. The van der Waals surface area contributed by atoms with Crippen LogP contribution in [-0.2, 0) is 44.7 Å². The van der Waals surface area contributed by atoms with Crippen molar-refractivity contribution in [3.8, 4) is 11.3 Å². The molecule has 7 rings (SSSR count). The van der Waals surface area contributed by atoms with Gasteiger partial charge < -0.3 is 43.3 Å². The van der Waals surface area contributed by atoms with Crippen molar-refractivity contribution < 1.29 is 48.0 Å². The minimum atomic E-state index is -1.15. The summed E-state index contributed by atoms with van der Waals surface area (Å²) in [5.41, 5.74) is 1.21. The Labute approximate surface area is 364 Å². The molecule has 62 heavy (non-hydrogen) atoms. The maximum Gasteiger partial charge on any atom is 0.410 e. The van der Waals surface area contributed by atoms with Gasteiger partial charge in [-0.2, -0.15) is 0 Å². The van der Waals surface area contributed by atoms with Crippen LogP contribution in [0.15, 0.2) is 47.1 Å². The van der Waals surface area contributed by atoms with Gasteiger partial charge in [-0.05, 0) is 79.1 Å². The third-order valence-electron chi connectivity index (χ3n) is 13.6. The first-order valence-electron chi connectivity index (χ1n) is 22.1. The minimum absolute atomic E-state index is 0.00225. The van der Waals surface area contributed by atoms with Crippen LogP contribution in [0, 0.1) is 23.7 Å². The van der Waals surface area contributed by atoms with Gasteiger partial charge in [0.1, 0.15) is 24.2 Å². The Morgan fingerprint density at radius 1 is 1.05 bits per heavy atom. The number of aromatic nitrogens is 3. The van der Waals surface area contributed by atoms with E-state index in [9.17, 15) is 14.7 Å². The molecule has 4 bridgehead atoms. The third kappa shape index (κ3) is 9.25. The zero-order valence-electron chi connectivity index (χ0n) is 37.8. The van der Waals surface area contributed by atoms with Crippen LogP contribution in [0.1, 0.15) is 80.3 Å². The van der Waals surface area contributed by atoms with Crippen molar-refractivity contribution in [3.63, 3.8) is 0 Å². The molecule has 7 heterocycles. The fourth-order valence-corrected chi connectivity index (χ4v) is 10.6. The van der Waals surface area contributed by atoms with Crippen LogP contribution in [0.3, 0.4) is 0 Å². The van der Waals surface area contributed by atoms with Gasteiger partial charge in [-0.3, -0.25) is 14.7 Å². The van der Waals surface area contributed by atoms with E-state index < -0.39 is 71.8 Å². The fraction of sp³-hybridized carbons (Fsp3) is 0.711. The second-order valence-corrected chi connectivity index (χ2v) is 18.5. The minimum Gasteiger partial charge on any atom is -0.458 e. The van der Waals surface area contributed by atoms with Gasteiger partial charge in [0.15, 0.2) is 18.5 Å². The van der Waals surface area contributed by atoms with E-state index in [4.69, 9.17) is 43.2 Å². The number of fused-ring (bicyclic) bond motifs is 4. The summed E-state index contributed by atoms with van der Waals surface area (Å²) in [5.74, 6) is -2.33. The van der Waals surface area contributed by atoms with Gasteiger partial charge in [0.25, 0.3) is 0 Å². The zero-order chi connectivity index (χ0) is 44.5. The number of carbonyl (C=O) groups excluding carboxylic acids is 2. The number of ether oxygens (including phenoxy) is 6. The molecule has 0 spiro atoms. The molecule has 14 atom stereocenters. The number of pyridine rings is 1. The largest absolute Gasteiger partial charge is 0.458 e. The molecule has 17 nitrogen and oxygen atoms in total. The topological polar surface area (TPSA) is 189 Å². The lowest BCUT2D eigenvalue weighted by Crippen LogP contribution is -2.60. The number of aliphatic hydroxyl groups is 1. The van der Waals surface area contributed by atoms with Crippen LogP contribution in [-0.4, -0.2) is 154 Å². The number of hydrogen-bond acceptors (Lipinski definition) is 16. The number of aliphatic hydroxyl groups excluding tert-OH is 1. The van der Waals surface area contributed by atoms with Gasteiger partial charge in [0.2, 0.25) is 0 Å². The first-order valence-corrected chi connectivity index (χ1v) is 22.1. The first-order chi connectivity index (χ1) is 29.5. The van der Waals surface area contributed by atoms with E-state index in [2.05, 4.69) is 29.0 Å². The summed E-state index contributed by atoms with van der Waals surface area (Å²) in [4.78, 5) is 55.9. The van der Waals surface area contributed by atoms with Crippen molar-refractivity contribution in [2.45, 2.75) is 141 Å². The van der Waals surface area contributed by atoms with Crippen LogP contribution in [0.2, 0.25) is 0 Å². The Bertz CT molecular complexity index is 1960. The number of carbonyl (C=O) groups is 2. The smallest absolute Gasteiger partial charge is 0.410 e. The lowest BCUT2D eigenvalue weighted by molar-refractivity contribution is -0.302. The van der Waals surface area contributed by atoms with Crippen molar-refractivity contribution in [1.82, 2.24) is 24.8 Å². The molecule has 5 aliphatic heterocycles. The Hall–Kier alpha value is -4.13. The average molecular weight is 864 g/mol. The van der Waals surface area contributed by atoms with Gasteiger partial charge in [0.05, 0.1) is 67.0 Å². The highest BCUT2D eigenvalue weighted by molar-refractivity contribution is 5.91. The molecule has 2 aromatic heterocycles. The zero-order valence-corrected chi connectivity index (χ0v) is 37.8. The number of hydrogen-bond donors (Lipinski definition) is 1. The van der Waals surface area contributed by atoms with E-state index >= 15 is 0 Å². The maximum absolute atomic E-state index is 14.6. The molecule has 4 fully saturated rings. The molecule has 2 aromatic rings. The molecule has 0 aliphatic carbocycles. The lowest BCUT2D eigenvalue weighted by atomic mass is 9.72. The van der Waals surface area contributed by atoms with Gasteiger partial charge in [-0.1, -0.05) is 38.9 Å². The molecule has 4 saturated heterocycles. The molecule has 0 unspecified atom stereocenters. The predicted octanol–water partition coefficient (Wildman–Crippen LogP) is 4.70. The lowest BCUT2D eigenvalue weighted by Gasteiger charge is -2.48. The van der Waals surface area contributed by atoms with E-state index in [-0.39, 0.29) is 43.8 Å². The number of nitrogens with zero attached hydrogens (tertiary/aromatic N) is 7. The molecule has 1 N–H and O–H groups in total. The second kappa shape index (κ2) is 18.9. The van der Waals surface area contributed by atoms with Crippen molar-refractivity contribution in [2.24, 2.45) is 33.8 Å². The fourth-order valence-electron chi connectivity index (χ4n) is 10.6. The maximum atomic E-state index is 14.6. The number of rotatable bonds is 8. The highest BCUT2D eigenvalue weighted by Gasteiger charge is 2.60. The van der Waals surface area contributed by atoms with Crippen LogP contribution < -0.4 is 0 Å². The molecule has 0 saturated carbocycles. The number of amides is 1. The van der Waals surface area contributed by atoms with E-state index in [1.165, 1.54) is 6.33 Å². The summed E-state index contributed by atoms with van der Waals surface area (Å²) in [6.45, 7) is 16.5. The van der Waals surface area contributed by atoms with Gasteiger partial charge in [0, 0.05) is 48.1 Å². The highest BCUT2D eigenvalue weighted by Crippen LogP contribution is 2.45. The standard InChI is InChI=1S/C45H65N7O10/c1-11-35-45(8)39-27(4)36(48-15-16-52(39)43(55)62-45)25(2)18-44(7)40(61-42-37(53)34(51(9)10)17-26(3)59-42)28(5)38(29(6)41(54)60-35)56-21-32(22-57-44)50-58-23-31-13-12-14-33(49-31)30-19-46-24-47-20-30/h12-14,19-20,24-29,34-35,37-40,42,53H,11,15-18,21-23H2,1-10H3/t25-,26+,27+,28-,29-,34-,35+,37+,38+,39-,40+,42-,44-,45-/m1/s1. The SMILES string of the molecule is CC[C@@H]1OC(=O)[C@H](C)[C@H]2OCC(=NOCc3cccc(-c4cncnc4)n3)CO[C@](C)(C[C@@H](C)C3=NCCN4C(=O)O[C@@]1(C)[C@H]4[C@H]3C)[C@@H](O[C@H]1O[C@@H](C)C[C@@H](N(C)C)[C@@H]1O)[C@@H]2C. The Kier molecular flexibility index (Phi) is 14.0. The van der Waals surface area contributed by atoms with Crippen LogP contribution in [0.4, 0.5) is 4.79 Å². The summed E-state index contributed by atoms with van der Waals surface area (Å²) in [6, 6.07) is 4.93. The van der Waals surface area contributed by atoms with Crippen molar-refractivity contribution in [1.29, 1.82) is 0 Å². The Balaban J connectivity index is 1.28. The number of cyclic esters (lactones) is 1. The van der Waals surface area contributed by atoms with Gasteiger partial charge in [-0.25, -0.2) is 19.7 Å². The quantitative estimate of drug-likeness (QED) is 0.284. The summed E-state index contributed by atoms with van der Waals surface area (Å²) in [5, 5.41) is 16.3. The summed E-state index contributed by atoms with van der Waals surface area (Å²) >= 11 is 0. The van der Waals surface area contributed by atoms with E-state index in [1.807, 2.05) is 71.8 Å². The van der Waals surface area contributed by atoms with Crippen molar-refractivity contribution in [3.05, 3.63) is 42.6 Å². The molecule has 0 radical (unpaired) electrons. The third-order valence-corrected chi connectivity index (χ3v) is 13.6. The van der Waals surface area contributed by atoms with Gasteiger partial charge in [-0.15, -0.1) is 0 Å². The van der Waals surface area contributed by atoms with Crippen LogP contribution >= 0.6 is 0 Å². The van der Waals surface area contributed by atoms with Crippen LogP contribution in [0.25, 0.3) is 11.3 Å². The molecule has 1 amide bonds. The van der Waals surface area contributed by atoms with Crippen molar-refractivity contribution in [2.75, 3.05) is 40.4 Å². The average Bonchev–Trinajstić information content (AvgIpc) is 3.39. The monoisotopic (exact) mass is 863 g/mol. The van der Waals surface area contributed by atoms with E-state index in [1.54, 1.807) is 24.2 Å². The number of likely N-dealkylation sites (N-methyl/N-ethyl adjacent to an activating group) is 1.